The fourth-order valence-electron chi connectivity index (χ4n) is 4.52. The Labute approximate surface area is 225 Å². The van der Waals surface area contributed by atoms with Gasteiger partial charge in [0.05, 0.1) is 23.9 Å². The lowest BCUT2D eigenvalue weighted by atomic mass is 10.1. The highest BCUT2D eigenvalue weighted by Gasteiger charge is 2.31. The van der Waals surface area contributed by atoms with E-state index in [1.807, 2.05) is 31.2 Å². The number of carbonyl (C=O) groups excluding carboxylic acids is 2. The molecule has 1 aliphatic heterocycles. The highest BCUT2D eigenvalue weighted by Crippen LogP contribution is 2.32. The van der Waals surface area contributed by atoms with E-state index in [0.717, 1.165) is 35.7 Å². The molecule has 1 aliphatic rings. The van der Waals surface area contributed by atoms with Crippen molar-refractivity contribution in [1.29, 1.82) is 0 Å². The predicted molar refractivity (Wildman–Crippen MR) is 146 cm³/mol. The minimum absolute atomic E-state index is 0.127. The molecule has 1 heterocycles. The highest BCUT2D eigenvalue weighted by molar-refractivity contribution is 6.06. The van der Waals surface area contributed by atoms with E-state index in [1.54, 1.807) is 25.3 Å². The van der Waals surface area contributed by atoms with Crippen LogP contribution in [-0.2, 0) is 6.18 Å². The van der Waals surface area contributed by atoms with Gasteiger partial charge in [0.25, 0.3) is 11.8 Å². The van der Waals surface area contributed by atoms with Crippen LogP contribution in [0.25, 0.3) is 0 Å². The Morgan fingerprint density at radius 3 is 2.23 bits per heavy atom. The number of benzene rings is 3. The Bertz CT molecular complexity index is 1320. The monoisotopic (exact) mass is 540 g/mol. The second kappa shape index (κ2) is 12.1. The number of amides is 2. The fourth-order valence-corrected chi connectivity index (χ4v) is 4.52. The lowest BCUT2D eigenvalue weighted by molar-refractivity contribution is -0.137. The average molecular weight is 541 g/mol. The molecule has 4 rings (SSSR count). The number of para-hydroxylation sites is 2. The van der Waals surface area contributed by atoms with Crippen LogP contribution in [0.2, 0.25) is 0 Å². The van der Waals surface area contributed by atoms with Gasteiger partial charge in [-0.15, -0.1) is 0 Å². The number of nitrogens with zero attached hydrogens (tertiary/aromatic N) is 2. The molecular formula is C29H31F3N4O3. The van der Waals surface area contributed by atoms with E-state index in [2.05, 4.69) is 20.4 Å². The molecule has 0 aromatic heterocycles. The van der Waals surface area contributed by atoms with Gasteiger partial charge in [-0.2, -0.15) is 13.2 Å². The van der Waals surface area contributed by atoms with Crippen LogP contribution in [0, 0.1) is 0 Å². The molecule has 0 bridgehead atoms. The van der Waals surface area contributed by atoms with Gasteiger partial charge in [-0.1, -0.05) is 25.1 Å². The number of piperazine rings is 1. The molecule has 0 unspecified atom stereocenters. The highest BCUT2D eigenvalue weighted by atomic mass is 19.4. The van der Waals surface area contributed by atoms with Crippen LogP contribution in [0.3, 0.4) is 0 Å². The maximum Gasteiger partial charge on any atom is 0.416 e. The van der Waals surface area contributed by atoms with E-state index in [-0.39, 0.29) is 11.5 Å². The second-order valence-electron chi connectivity index (χ2n) is 9.17. The summed E-state index contributed by atoms with van der Waals surface area (Å²) in [6.07, 6.45) is -3.80. The largest absolute Gasteiger partial charge is 0.495 e. The van der Waals surface area contributed by atoms with Crippen molar-refractivity contribution in [2.45, 2.75) is 19.5 Å². The lowest BCUT2D eigenvalue weighted by Gasteiger charge is -2.38. The van der Waals surface area contributed by atoms with Crippen molar-refractivity contribution in [2.24, 2.45) is 0 Å². The van der Waals surface area contributed by atoms with Gasteiger partial charge in [0.2, 0.25) is 0 Å². The maximum absolute atomic E-state index is 13.1. The summed E-state index contributed by atoms with van der Waals surface area (Å²) in [5, 5.41) is 5.52. The fraction of sp³-hybridized carbons (Fsp3) is 0.310. The molecule has 206 valence electrons. The summed E-state index contributed by atoms with van der Waals surface area (Å²) in [6, 6.07) is 17.0. The van der Waals surface area contributed by atoms with Gasteiger partial charge in [0.1, 0.15) is 5.75 Å². The first kappa shape index (κ1) is 27.8. The Morgan fingerprint density at radius 2 is 1.56 bits per heavy atom. The number of alkyl halides is 3. The molecule has 1 fully saturated rings. The van der Waals surface area contributed by atoms with Crippen molar-refractivity contribution in [3.8, 4) is 5.75 Å². The smallest absolute Gasteiger partial charge is 0.416 e. The van der Waals surface area contributed by atoms with Crippen molar-refractivity contribution in [2.75, 3.05) is 55.0 Å². The lowest BCUT2D eigenvalue weighted by Crippen LogP contribution is -2.47. The Morgan fingerprint density at radius 1 is 0.872 bits per heavy atom. The molecule has 0 aliphatic carbocycles. The van der Waals surface area contributed by atoms with Gasteiger partial charge in [0.15, 0.2) is 0 Å². The van der Waals surface area contributed by atoms with Gasteiger partial charge in [-0.3, -0.25) is 9.59 Å². The number of methoxy groups -OCH3 is 1. The van der Waals surface area contributed by atoms with Gasteiger partial charge >= 0.3 is 6.18 Å². The molecule has 0 radical (unpaired) electrons. The van der Waals surface area contributed by atoms with Crippen molar-refractivity contribution in [3.63, 3.8) is 0 Å². The number of carbonyl (C=O) groups is 2. The zero-order chi connectivity index (χ0) is 28.0. The van der Waals surface area contributed by atoms with Crippen molar-refractivity contribution in [1.82, 2.24) is 5.32 Å². The summed E-state index contributed by atoms with van der Waals surface area (Å²) in [7, 11) is 1.64. The van der Waals surface area contributed by atoms with Gasteiger partial charge in [-0.25, -0.2) is 0 Å². The topological polar surface area (TPSA) is 73.9 Å². The third-order valence-electron chi connectivity index (χ3n) is 6.53. The van der Waals surface area contributed by atoms with Crippen LogP contribution in [-0.4, -0.2) is 51.6 Å². The number of rotatable bonds is 8. The Balaban J connectivity index is 1.54. The van der Waals surface area contributed by atoms with Gasteiger partial charge in [-0.05, 0) is 55.0 Å². The summed E-state index contributed by atoms with van der Waals surface area (Å²) < 4.78 is 44.8. The van der Waals surface area contributed by atoms with E-state index >= 15 is 0 Å². The van der Waals surface area contributed by atoms with Crippen LogP contribution >= 0.6 is 0 Å². The van der Waals surface area contributed by atoms with E-state index in [4.69, 9.17) is 4.74 Å². The average Bonchev–Trinajstić information content (AvgIpc) is 2.95. The first-order valence-electron chi connectivity index (χ1n) is 12.7. The summed E-state index contributed by atoms with van der Waals surface area (Å²) >= 11 is 0. The molecule has 0 spiro atoms. The first-order valence-corrected chi connectivity index (χ1v) is 12.7. The molecule has 3 aromatic rings. The van der Waals surface area contributed by atoms with E-state index in [0.29, 0.717) is 44.0 Å². The molecule has 3 aromatic carbocycles. The van der Waals surface area contributed by atoms with Crippen molar-refractivity contribution < 1.29 is 27.5 Å². The Hall–Kier alpha value is -4.21. The number of hydrogen-bond acceptors (Lipinski definition) is 5. The van der Waals surface area contributed by atoms with Crippen LogP contribution in [0.1, 0.15) is 39.6 Å². The van der Waals surface area contributed by atoms with Crippen molar-refractivity contribution >= 4 is 28.9 Å². The molecule has 2 amide bonds. The number of ether oxygens (including phenoxy) is 1. The molecule has 1 saturated heterocycles. The number of anilines is 3. The third-order valence-corrected chi connectivity index (χ3v) is 6.53. The summed E-state index contributed by atoms with van der Waals surface area (Å²) in [5.74, 6) is -0.181. The second-order valence-corrected chi connectivity index (χ2v) is 9.17. The van der Waals surface area contributed by atoms with Crippen LogP contribution in [0.5, 0.6) is 5.75 Å². The van der Waals surface area contributed by atoms with Crippen LogP contribution < -0.4 is 25.2 Å². The molecule has 10 heteroatoms. The molecule has 39 heavy (non-hydrogen) atoms. The number of hydrogen-bond donors (Lipinski definition) is 2. The number of nitrogens with one attached hydrogen (secondary N) is 2. The number of halogens is 3. The first-order chi connectivity index (χ1) is 18.7. The normalized spacial score (nSPS) is 13.7. The standard InChI is InChI=1S/C29H31F3N4O3/c1-3-13-33-28(38)23-19-22(34-27(37)20-7-6-8-21(18-20)29(30,31)32)11-12-24(23)35-14-16-36(17-15-35)25-9-4-5-10-26(25)39-2/h4-12,18-19H,3,13-17H2,1-2H3,(H,33,38)(H,34,37). The zero-order valence-corrected chi connectivity index (χ0v) is 21.8. The van der Waals surface area contributed by atoms with Gasteiger partial charge < -0.3 is 25.2 Å². The third kappa shape index (κ3) is 6.63. The summed E-state index contributed by atoms with van der Waals surface area (Å²) in [6.45, 7) is 5.17. The maximum atomic E-state index is 13.1. The van der Waals surface area contributed by atoms with Crippen molar-refractivity contribution in [3.05, 3.63) is 83.4 Å². The minimum atomic E-state index is -4.56. The van der Waals surface area contributed by atoms with Crippen LogP contribution in [0.4, 0.5) is 30.2 Å². The molecule has 2 N–H and O–H groups in total. The van der Waals surface area contributed by atoms with E-state index in [9.17, 15) is 22.8 Å². The van der Waals surface area contributed by atoms with Gasteiger partial charge in [0, 0.05) is 49.7 Å². The molecular weight excluding hydrogens is 509 g/mol. The quantitative estimate of drug-likeness (QED) is 0.399. The Kier molecular flexibility index (Phi) is 8.63. The summed E-state index contributed by atoms with van der Waals surface area (Å²) in [5.41, 5.74) is 1.40. The minimum Gasteiger partial charge on any atom is -0.495 e. The molecule has 0 atom stereocenters. The molecule has 7 nitrogen and oxygen atoms in total. The SMILES string of the molecule is CCCNC(=O)c1cc(NC(=O)c2cccc(C(F)(F)F)c2)ccc1N1CCN(c2ccccc2OC)CC1. The predicted octanol–water partition coefficient (Wildman–Crippen LogP) is 5.43. The van der Waals surface area contributed by atoms with E-state index in [1.165, 1.54) is 12.1 Å². The van der Waals surface area contributed by atoms with Crippen LogP contribution in [0.15, 0.2) is 66.7 Å². The summed E-state index contributed by atoms with van der Waals surface area (Å²) in [4.78, 5) is 30.2. The zero-order valence-electron chi connectivity index (χ0n) is 21.8. The molecule has 0 saturated carbocycles. The van der Waals surface area contributed by atoms with E-state index < -0.39 is 17.6 Å².